The lowest BCUT2D eigenvalue weighted by molar-refractivity contribution is -0.148. The molecule has 0 bridgehead atoms. The first-order valence-corrected chi connectivity index (χ1v) is 10.9. The van der Waals surface area contributed by atoms with E-state index in [9.17, 15) is 9.59 Å². The standard InChI is InChI=1S/C25H30N2O3/c1-30-16-15-27-23(28)18-21-9-5-6-10-22(21)24(27)25(29)26-13-11-20(12-14-26)17-19-7-3-2-4-8-19/h2-10,20,24H,11-18H2,1H3/t24-/m0/s1. The Morgan fingerprint density at radius 2 is 1.73 bits per heavy atom. The predicted molar refractivity (Wildman–Crippen MR) is 116 cm³/mol. The fourth-order valence-corrected chi connectivity index (χ4v) is 4.73. The van der Waals surface area contributed by atoms with Gasteiger partial charge in [-0.1, -0.05) is 54.6 Å². The summed E-state index contributed by atoms with van der Waals surface area (Å²) in [5, 5.41) is 0. The summed E-state index contributed by atoms with van der Waals surface area (Å²) in [5.74, 6) is 0.647. The van der Waals surface area contributed by atoms with E-state index in [0.717, 1.165) is 43.5 Å². The van der Waals surface area contributed by atoms with Gasteiger partial charge in [-0.05, 0) is 41.9 Å². The van der Waals surface area contributed by atoms with Crippen molar-refractivity contribution in [2.45, 2.75) is 31.7 Å². The molecule has 1 atom stereocenters. The summed E-state index contributed by atoms with van der Waals surface area (Å²) in [6, 6.07) is 17.9. The quantitative estimate of drug-likeness (QED) is 0.740. The van der Waals surface area contributed by atoms with E-state index >= 15 is 0 Å². The molecule has 30 heavy (non-hydrogen) atoms. The minimum atomic E-state index is -0.539. The van der Waals surface area contributed by atoms with E-state index in [2.05, 4.69) is 24.3 Å². The van der Waals surface area contributed by atoms with Crippen molar-refractivity contribution in [1.82, 2.24) is 9.80 Å². The third-order valence-electron chi connectivity index (χ3n) is 6.39. The second-order valence-electron chi connectivity index (χ2n) is 8.32. The van der Waals surface area contributed by atoms with Crippen molar-refractivity contribution in [1.29, 1.82) is 0 Å². The predicted octanol–water partition coefficient (Wildman–Crippen LogP) is 3.24. The Bertz CT molecular complexity index is 875. The van der Waals surface area contributed by atoms with Crippen LogP contribution in [0, 0.1) is 5.92 Å². The number of nitrogens with zero attached hydrogens (tertiary/aromatic N) is 2. The van der Waals surface area contributed by atoms with Crippen LogP contribution < -0.4 is 0 Å². The van der Waals surface area contributed by atoms with Crippen LogP contribution in [0.1, 0.15) is 35.6 Å². The zero-order chi connectivity index (χ0) is 20.9. The summed E-state index contributed by atoms with van der Waals surface area (Å²) in [7, 11) is 1.62. The lowest BCUT2D eigenvalue weighted by Gasteiger charge is -2.40. The van der Waals surface area contributed by atoms with Gasteiger partial charge in [0.15, 0.2) is 0 Å². The summed E-state index contributed by atoms with van der Waals surface area (Å²) in [4.78, 5) is 30.1. The Labute approximate surface area is 178 Å². The molecule has 4 rings (SSSR count). The number of hydrogen-bond donors (Lipinski definition) is 0. The van der Waals surface area contributed by atoms with Crippen LogP contribution in [0.3, 0.4) is 0 Å². The van der Waals surface area contributed by atoms with Gasteiger partial charge in [-0.2, -0.15) is 0 Å². The SMILES string of the molecule is COCCN1C(=O)Cc2ccccc2[C@H]1C(=O)N1CCC(Cc2ccccc2)CC1. The molecular weight excluding hydrogens is 376 g/mol. The van der Waals surface area contributed by atoms with Crippen molar-refractivity contribution < 1.29 is 14.3 Å². The van der Waals surface area contributed by atoms with Gasteiger partial charge in [-0.3, -0.25) is 9.59 Å². The van der Waals surface area contributed by atoms with Crippen molar-refractivity contribution in [3.05, 3.63) is 71.3 Å². The number of fused-ring (bicyclic) bond motifs is 1. The van der Waals surface area contributed by atoms with Gasteiger partial charge in [-0.15, -0.1) is 0 Å². The van der Waals surface area contributed by atoms with Gasteiger partial charge in [0, 0.05) is 26.7 Å². The molecule has 158 valence electrons. The van der Waals surface area contributed by atoms with Gasteiger partial charge in [0.1, 0.15) is 6.04 Å². The van der Waals surface area contributed by atoms with Crippen molar-refractivity contribution in [3.63, 3.8) is 0 Å². The highest BCUT2D eigenvalue weighted by atomic mass is 16.5. The van der Waals surface area contributed by atoms with Gasteiger partial charge >= 0.3 is 0 Å². The highest BCUT2D eigenvalue weighted by molar-refractivity contribution is 5.92. The number of hydrogen-bond acceptors (Lipinski definition) is 3. The normalized spacial score (nSPS) is 19.6. The summed E-state index contributed by atoms with van der Waals surface area (Å²) in [5.41, 5.74) is 3.29. The van der Waals surface area contributed by atoms with Crippen LogP contribution in [0.5, 0.6) is 0 Å². The van der Waals surface area contributed by atoms with Crippen LogP contribution >= 0.6 is 0 Å². The molecule has 1 saturated heterocycles. The number of ether oxygens (including phenoxy) is 1. The maximum absolute atomic E-state index is 13.6. The molecule has 0 spiro atoms. The summed E-state index contributed by atoms with van der Waals surface area (Å²) in [6.07, 6.45) is 3.42. The van der Waals surface area contributed by atoms with Crippen LogP contribution in [-0.4, -0.2) is 55.0 Å². The average Bonchev–Trinajstić information content (AvgIpc) is 2.78. The first kappa shape index (κ1) is 20.6. The van der Waals surface area contributed by atoms with E-state index in [0.29, 0.717) is 25.5 Å². The molecule has 0 radical (unpaired) electrons. The van der Waals surface area contributed by atoms with Crippen molar-refractivity contribution >= 4 is 11.8 Å². The molecule has 2 aromatic rings. The van der Waals surface area contributed by atoms with Crippen LogP contribution in [0.15, 0.2) is 54.6 Å². The molecule has 2 amide bonds. The Morgan fingerprint density at radius 3 is 2.47 bits per heavy atom. The number of benzene rings is 2. The molecule has 5 heteroatoms. The minimum Gasteiger partial charge on any atom is -0.383 e. The second kappa shape index (κ2) is 9.43. The molecule has 2 aliphatic rings. The zero-order valence-corrected chi connectivity index (χ0v) is 17.6. The fraction of sp³-hybridized carbons (Fsp3) is 0.440. The van der Waals surface area contributed by atoms with Crippen LogP contribution in [-0.2, 0) is 27.2 Å². The molecule has 0 unspecified atom stereocenters. The molecular formula is C25H30N2O3. The lowest BCUT2D eigenvalue weighted by Crippen LogP contribution is -2.51. The van der Waals surface area contributed by atoms with E-state index in [4.69, 9.17) is 4.74 Å². The van der Waals surface area contributed by atoms with Crippen molar-refractivity contribution in [2.24, 2.45) is 5.92 Å². The number of methoxy groups -OCH3 is 1. The maximum atomic E-state index is 13.6. The van der Waals surface area contributed by atoms with Gasteiger partial charge < -0.3 is 14.5 Å². The monoisotopic (exact) mass is 406 g/mol. The number of amides is 2. The molecule has 2 aliphatic heterocycles. The Hall–Kier alpha value is -2.66. The lowest BCUT2D eigenvalue weighted by atomic mass is 9.88. The number of rotatable bonds is 6. The van der Waals surface area contributed by atoms with Crippen LogP contribution in [0.4, 0.5) is 0 Å². The molecule has 0 N–H and O–H groups in total. The van der Waals surface area contributed by atoms with E-state index < -0.39 is 6.04 Å². The van der Waals surface area contributed by atoms with Gasteiger partial charge in [0.05, 0.1) is 13.0 Å². The molecule has 2 aromatic carbocycles. The minimum absolute atomic E-state index is 0.00284. The smallest absolute Gasteiger partial charge is 0.250 e. The topological polar surface area (TPSA) is 49.9 Å². The van der Waals surface area contributed by atoms with Gasteiger partial charge in [0.2, 0.25) is 11.8 Å². The van der Waals surface area contributed by atoms with Crippen molar-refractivity contribution in [3.8, 4) is 0 Å². The fourth-order valence-electron chi connectivity index (χ4n) is 4.73. The van der Waals surface area contributed by atoms with Gasteiger partial charge in [0.25, 0.3) is 0 Å². The molecule has 2 heterocycles. The van der Waals surface area contributed by atoms with Crippen LogP contribution in [0.2, 0.25) is 0 Å². The van der Waals surface area contributed by atoms with Gasteiger partial charge in [-0.25, -0.2) is 0 Å². The Morgan fingerprint density at radius 1 is 1.03 bits per heavy atom. The largest absolute Gasteiger partial charge is 0.383 e. The molecule has 0 aromatic heterocycles. The zero-order valence-electron chi connectivity index (χ0n) is 17.6. The highest BCUT2D eigenvalue weighted by Crippen LogP contribution is 2.33. The van der Waals surface area contributed by atoms with E-state index in [-0.39, 0.29) is 11.8 Å². The highest BCUT2D eigenvalue weighted by Gasteiger charge is 2.39. The van der Waals surface area contributed by atoms with E-state index in [1.54, 1.807) is 12.0 Å². The van der Waals surface area contributed by atoms with Crippen LogP contribution in [0.25, 0.3) is 0 Å². The van der Waals surface area contributed by atoms with E-state index in [1.165, 1.54) is 5.56 Å². The maximum Gasteiger partial charge on any atom is 0.250 e. The number of carbonyl (C=O) groups excluding carboxylic acids is 2. The summed E-state index contributed by atoms with van der Waals surface area (Å²) < 4.78 is 5.21. The molecule has 0 saturated carbocycles. The third kappa shape index (κ3) is 4.41. The first-order chi connectivity index (χ1) is 14.7. The molecule has 1 fully saturated rings. The second-order valence-corrected chi connectivity index (χ2v) is 8.32. The number of carbonyl (C=O) groups is 2. The average molecular weight is 407 g/mol. The Kier molecular flexibility index (Phi) is 6.48. The molecule has 0 aliphatic carbocycles. The van der Waals surface area contributed by atoms with E-state index in [1.807, 2.05) is 35.2 Å². The summed E-state index contributed by atoms with van der Waals surface area (Å²) in [6.45, 7) is 2.37. The number of likely N-dealkylation sites (tertiary alicyclic amines) is 1. The Balaban J connectivity index is 1.47. The number of piperidine rings is 1. The third-order valence-corrected chi connectivity index (χ3v) is 6.39. The molecule has 5 nitrogen and oxygen atoms in total. The summed E-state index contributed by atoms with van der Waals surface area (Å²) >= 11 is 0. The van der Waals surface area contributed by atoms with Crippen molar-refractivity contribution in [2.75, 3.05) is 33.4 Å². The first-order valence-electron chi connectivity index (χ1n) is 10.9.